The van der Waals surface area contributed by atoms with Crippen LogP contribution in [-0.4, -0.2) is 36.0 Å². The summed E-state index contributed by atoms with van der Waals surface area (Å²) in [6, 6.07) is 19.1. The Hall–Kier alpha value is -2.51. The summed E-state index contributed by atoms with van der Waals surface area (Å²) in [7, 11) is -3.29. The minimum atomic E-state index is -3.29. The van der Waals surface area contributed by atoms with Crippen molar-refractivity contribution in [1.82, 2.24) is 14.5 Å². The van der Waals surface area contributed by atoms with Crippen LogP contribution in [0, 0.1) is 5.41 Å². The number of rotatable bonds is 5. The van der Waals surface area contributed by atoms with E-state index in [-0.39, 0.29) is 17.1 Å². The fourth-order valence-corrected chi connectivity index (χ4v) is 5.94. The number of piperidine rings is 1. The van der Waals surface area contributed by atoms with Gasteiger partial charge in [-0.15, -0.1) is 10.2 Å². The van der Waals surface area contributed by atoms with E-state index in [1.165, 1.54) is 0 Å². The van der Waals surface area contributed by atoms with E-state index in [0.29, 0.717) is 24.9 Å². The van der Waals surface area contributed by atoms with Crippen LogP contribution in [0.5, 0.6) is 0 Å². The van der Waals surface area contributed by atoms with E-state index < -0.39 is 10.0 Å². The Kier molecular flexibility index (Phi) is 4.52. The van der Waals surface area contributed by atoms with Crippen molar-refractivity contribution >= 4 is 10.0 Å². The van der Waals surface area contributed by atoms with Gasteiger partial charge < -0.3 is 4.42 Å². The molecule has 0 unspecified atom stereocenters. The highest BCUT2D eigenvalue weighted by molar-refractivity contribution is 7.88. The maximum absolute atomic E-state index is 12.8. The summed E-state index contributed by atoms with van der Waals surface area (Å²) in [5.41, 5.74) is 1.86. The Labute approximate surface area is 170 Å². The predicted octanol–water partition coefficient (Wildman–Crippen LogP) is 3.84. The molecule has 1 aliphatic carbocycles. The summed E-state index contributed by atoms with van der Waals surface area (Å²) in [5, 5.41) is 8.48. The van der Waals surface area contributed by atoms with Gasteiger partial charge in [-0.05, 0) is 42.4 Å². The number of hydrogen-bond acceptors (Lipinski definition) is 5. The Balaban J connectivity index is 1.23. The quantitative estimate of drug-likeness (QED) is 0.640. The minimum absolute atomic E-state index is 0.0639. The molecule has 1 aliphatic heterocycles. The fourth-order valence-electron chi connectivity index (χ4n) is 4.41. The van der Waals surface area contributed by atoms with Gasteiger partial charge in [0.25, 0.3) is 0 Å². The van der Waals surface area contributed by atoms with Gasteiger partial charge in [-0.1, -0.05) is 48.5 Å². The molecule has 0 amide bonds. The smallest absolute Gasteiger partial charge is 0.247 e. The molecule has 150 valence electrons. The van der Waals surface area contributed by atoms with Gasteiger partial charge in [-0.25, -0.2) is 12.7 Å². The van der Waals surface area contributed by atoms with Crippen molar-refractivity contribution in [3.63, 3.8) is 0 Å². The molecule has 1 saturated heterocycles. The van der Waals surface area contributed by atoms with Crippen LogP contribution in [0.2, 0.25) is 0 Å². The molecule has 0 N–H and O–H groups in total. The van der Waals surface area contributed by atoms with Crippen LogP contribution in [-0.2, 0) is 15.8 Å². The zero-order valence-electron chi connectivity index (χ0n) is 16.1. The first-order chi connectivity index (χ1) is 14.1. The van der Waals surface area contributed by atoms with E-state index in [1.807, 2.05) is 60.7 Å². The summed E-state index contributed by atoms with van der Waals surface area (Å²) in [4.78, 5) is 0. The first-order valence-electron chi connectivity index (χ1n) is 9.96. The van der Waals surface area contributed by atoms with Crippen LogP contribution in [0.25, 0.3) is 11.5 Å². The Morgan fingerprint density at radius 2 is 1.62 bits per heavy atom. The van der Waals surface area contributed by atoms with Gasteiger partial charge in [0.05, 0.1) is 5.75 Å². The molecule has 1 spiro atoms. The van der Waals surface area contributed by atoms with E-state index in [1.54, 1.807) is 4.31 Å². The van der Waals surface area contributed by atoms with Crippen LogP contribution < -0.4 is 0 Å². The maximum atomic E-state index is 12.8. The third-order valence-corrected chi connectivity index (χ3v) is 8.10. The lowest BCUT2D eigenvalue weighted by molar-refractivity contribution is 0.246. The predicted molar refractivity (Wildman–Crippen MR) is 109 cm³/mol. The standard InChI is InChI=1S/C22H23N3O3S/c26-29(27,16-17-7-3-1-4-8-17)25-13-11-22(12-14-25)15-19(22)21-24-23-20(28-21)18-9-5-2-6-10-18/h1-10,19H,11-16H2/t19-/m1/s1. The van der Waals surface area contributed by atoms with Crippen molar-refractivity contribution in [1.29, 1.82) is 0 Å². The monoisotopic (exact) mass is 409 g/mol. The molecule has 2 fully saturated rings. The van der Waals surface area contributed by atoms with Gasteiger partial charge in [0.2, 0.25) is 21.8 Å². The van der Waals surface area contributed by atoms with Gasteiger partial charge in [0, 0.05) is 24.6 Å². The number of aromatic nitrogens is 2. The molecule has 2 heterocycles. The Morgan fingerprint density at radius 3 is 2.31 bits per heavy atom. The molecular formula is C22H23N3O3S. The molecule has 0 radical (unpaired) electrons. The van der Waals surface area contributed by atoms with Crippen LogP contribution >= 0.6 is 0 Å². The normalized spacial score (nSPS) is 21.3. The summed E-state index contributed by atoms with van der Waals surface area (Å²) in [6.45, 7) is 1.12. The lowest BCUT2D eigenvalue weighted by Gasteiger charge is -2.31. The van der Waals surface area contributed by atoms with Crippen LogP contribution in [0.1, 0.15) is 36.6 Å². The van der Waals surface area contributed by atoms with E-state index in [2.05, 4.69) is 10.2 Å². The molecule has 2 aromatic carbocycles. The number of benzene rings is 2. The number of nitrogens with zero attached hydrogens (tertiary/aromatic N) is 3. The zero-order chi connectivity index (χ0) is 19.9. The van der Waals surface area contributed by atoms with Gasteiger partial charge in [-0.3, -0.25) is 0 Å². The van der Waals surface area contributed by atoms with Crippen LogP contribution in [0.4, 0.5) is 0 Å². The summed E-state index contributed by atoms with van der Waals surface area (Å²) in [6.07, 6.45) is 2.68. The third-order valence-electron chi connectivity index (χ3n) is 6.25. The largest absolute Gasteiger partial charge is 0.420 e. The van der Waals surface area contributed by atoms with Crippen molar-refractivity contribution in [3.05, 3.63) is 72.1 Å². The second-order valence-electron chi connectivity index (χ2n) is 8.07. The van der Waals surface area contributed by atoms with Crippen molar-refractivity contribution in [3.8, 4) is 11.5 Å². The molecule has 6 nitrogen and oxygen atoms in total. The van der Waals surface area contributed by atoms with Gasteiger partial charge in [0.15, 0.2) is 0 Å². The molecule has 1 saturated carbocycles. The van der Waals surface area contributed by atoms with E-state index >= 15 is 0 Å². The average molecular weight is 410 g/mol. The first kappa shape index (κ1) is 18.5. The lowest BCUT2D eigenvalue weighted by Crippen LogP contribution is -2.40. The molecule has 1 aromatic heterocycles. The molecule has 0 bridgehead atoms. The van der Waals surface area contributed by atoms with E-state index in [9.17, 15) is 8.42 Å². The Morgan fingerprint density at radius 1 is 0.966 bits per heavy atom. The van der Waals surface area contributed by atoms with E-state index in [0.717, 1.165) is 30.4 Å². The Bertz CT molecular complexity index is 1090. The minimum Gasteiger partial charge on any atom is -0.420 e. The van der Waals surface area contributed by atoms with Crippen molar-refractivity contribution in [2.75, 3.05) is 13.1 Å². The summed E-state index contributed by atoms with van der Waals surface area (Å²) < 4.78 is 33.1. The molecule has 29 heavy (non-hydrogen) atoms. The number of hydrogen-bond donors (Lipinski definition) is 0. The molecule has 1 atom stereocenters. The van der Waals surface area contributed by atoms with Crippen molar-refractivity contribution < 1.29 is 12.8 Å². The molecular weight excluding hydrogens is 386 g/mol. The highest BCUT2D eigenvalue weighted by atomic mass is 32.2. The first-order valence-corrected chi connectivity index (χ1v) is 11.6. The van der Waals surface area contributed by atoms with Crippen molar-refractivity contribution in [2.24, 2.45) is 5.41 Å². The fraction of sp³-hybridized carbons (Fsp3) is 0.364. The topological polar surface area (TPSA) is 76.3 Å². The third kappa shape index (κ3) is 3.60. The second-order valence-corrected chi connectivity index (χ2v) is 10.0. The van der Waals surface area contributed by atoms with Gasteiger partial charge in [0.1, 0.15) is 0 Å². The second kappa shape index (κ2) is 7.07. The summed E-state index contributed by atoms with van der Waals surface area (Å²) in [5.74, 6) is 1.54. The maximum Gasteiger partial charge on any atom is 0.247 e. The average Bonchev–Trinajstić information content (AvgIpc) is 3.21. The van der Waals surface area contributed by atoms with Crippen LogP contribution in [0.15, 0.2) is 65.1 Å². The number of sulfonamides is 1. The van der Waals surface area contributed by atoms with Crippen LogP contribution in [0.3, 0.4) is 0 Å². The summed E-state index contributed by atoms with van der Waals surface area (Å²) >= 11 is 0. The van der Waals surface area contributed by atoms with Gasteiger partial charge in [-0.2, -0.15) is 0 Å². The highest BCUT2D eigenvalue weighted by Gasteiger charge is 2.58. The molecule has 2 aliphatic rings. The molecule has 3 aromatic rings. The molecule has 7 heteroatoms. The SMILES string of the molecule is O=S(=O)(Cc1ccccc1)N1CCC2(CC1)C[C@@H]2c1nnc(-c2ccccc2)o1. The highest BCUT2D eigenvalue weighted by Crippen LogP contribution is 2.64. The lowest BCUT2D eigenvalue weighted by atomic mass is 9.92. The van der Waals surface area contributed by atoms with Gasteiger partial charge >= 0.3 is 0 Å². The molecule has 5 rings (SSSR count). The van der Waals surface area contributed by atoms with E-state index in [4.69, 9.17) is 4.42 Å². The zero-order valence-corrected chi connectivity index (χ0v) is 16.9. The van der Waals surface area contributed by atoms with Crippen molar-refractivity contribution in [2.45, 2.75) is 30.9 Å².